The number of thiazole rings is 1. The molecule has 0 saturated heterocycles. The zero-order chi connectivity index (χ0) is 13.7. The minimum atomic E-state index is 0.403. The van der Waals surface area contributed by atoms with E-state index < -0.39 is 0 Å². The third kappa shape index (κ3) is 4.11. The average Bonchev–Trinajstić information content (AvgIpc) is 2.99. The molecule has 0 fully saturated rings. The van der Waals surface area contributed by atoms with Gasteiger partial charge in [-0.1, -0.05) is 19.0 Å². The summed E-state index contributed by atoms with van der Waals surface area (Å²) in [6.45, 7) is 7.21. The maximum Gasteiger partial charge on any atom is 0.228 e. The van der Waals surface area contributed by atoms with Gasteiger partial charge >= 0.3 is 0 Å². The number of aromatic nitrogens is 3. The van der Waals surface area contributed by atoms with Crippen LogP contribution in [0, 0.1) is 6.92 Å². The molecule has 0 bridgehead atoms. The summed E-state index contributed by atoms with van der Waals surface area (Å²) in [4.78, 5) is 8.84. The fourth-order valence-corrected chi connectivity index (χ4v) is 2.69. The molecule has 0 aliphatic carbocycles. The number of hydrogen-bond donors (Lipinski definition) is 1. The standard InChI is InChI=1S/C13H20N4OS/c1-4-10(14-5-2)6-12-16-11(17-18-12)7-13-15-9(3)8-19-13/h8,10,14H,4-7H2,1-3H3. The molecule has 2 rings (SSSR count). The Bertz CT molecular complexity index is 508. The van der Waals surface area contributed by atoms with Crippen LogP contribution in [0.1, 0.15) is 42.7 Å². The summed E-state index contributed by atoms with van der Waals surface area (Å²) in [6.07, 6.45) is 2.49. The second-order valence-electron chi connectivity index (χ2n) is 4.53. The highest BCUT2D eigenvalue weighted by Gasteiger charge is 2.13. The molecule has 1 unspecified atom stereocenters. The van der Waals surface area contributed by atoms with Crippen molar-refractivity contribution in [3.05, 3.63) is 27.8 Å². The molecule has 19 heavy (non-hydrogen) atoms. The molecule has 104 valence electrons. The van der Waals surface area contributed by atoms with E-state index in [4.69, 9.17) is 4.52 Å². The van der Waals surface area contributed by atoms with Gasteiger partial charge < -0.3 is 9.84 Å². The van der Waals surface area contributed by atoms with E-state index in [-0.39, 0.29) is 0 Å². The van der Waals surface area contributed by atoms with Gasteiger partial charge in [-0.05, 0) is 19.9 Å². The van der Waals surface area contributed by atoms with Gasteiger partial charge in [0.2, 0.25) is 5.89 Å². The van der Waals surface area contributed by atoms with Gasteiger partial charge in [0.15, 0.2) is 5.82 Å². The van der Waals surface area contributed by atoms with Crippen LogP contribution in [0.15, 0.2) is 9.90 Å². The van der Waals surface area contributed by atoms with Crippen LogP contribution in [0.2, 0.25) is 0 Å². The summed E-state index contributed by atoms with van der Waals surface area (Å²) < 4.78 is 5.30. The Morgan fingerprint density at radius 1 is 1.37 bits per heavy atom. The number of aryl methyl sites for hydroxylation is 1. The van der Waals surface area contributed by atoms with E-state index in [0.29, 0.717) is 18.4 Å². The number of nitrogens with one attached hydrogen (secondary N) is 1. The minimum Gasteiger partial charge on any atom is -0.339 e. The Labute approximate surface area is 117 Å². The fourth-order valence-electron chi connectivity index (χ4n) is 1.92. The first-order chi connectivity index (χ1) is 9.21. The van der Waals surface area contributed by atoms with Crippen LogP contribution in [0.5, 0.6) is 0 Å². The lowest BCUT2D eigenvalue weighted by atomic mass is 10.1. The van der Waals surface area contributed by atoms with Gasteiger partial charge in [0.05, 0.1) is 6.42 Å². The number of nitrogens with zero attached hydrogens (tertiary/aromatic N) is 3. The number of rotatable bonds is 7. The minimum absolute atomic E-state index is 0.403. The molecule has 2 aromatic heterocycles. The third-order valence-corrected chi connectivity index (χ3v) is 3.86. The summed E-state index contributed by atoms with van der Waals surface area (Å²) >= 11 is 1.64. The smallest absolute Gasteiger partial charge is 0.228 e. The van der Waals surface area contributed by atoms with Crippen LogP contribution in [0.25, 0.3) is 0 Å². The SMILES string of the molecule is CCNC(CC)Cc1nc(Cc2nc(C)cs2)no1. The van der Waals surface area contributed by atoms with Gasteiger partial charge in [-0.2, -0.15) is 4.98 Å². The zero-order valence-electron chi connectivity index (χ0n) is 11.6. The maximum absolute atomic E-state index is 5.30. The molecule has 0 aliphatic rings. The number of hydrogen-bond acceptors (Lipinski definition) is 6. The highest BCUT2D eigenvalue weighted by atomic mass is 32.1. The Kier molecular flexibility index (Phi) is 5.04. The Balaban J connectivity index is 1.94. The molecule has 2 heterocycles. The van der Waals surface area contributed by atoms with Crippen LogP contribution in [0.4, 0.5) is 0 Å². The van der Waals surface area contributed by atoms with Crippen LogP contribution in [0.3, 0.4) is 0 Å². The molecular formula is C13H20N4OS. The molecule has 0 radical (unpaired) electrons. The van der Waals surface area contributed by atoms with Crippen LogP contribution in [-0.4, -0.2) is 27.7 Å². The molecule has 1 atom stereocenters. The maximum atomic E-state index is 5.30. The molecule has 0 aromatic carbocycles. The van der Waals surface area contributed by atoms with E-state index in [1.807, 2.05) is 12.3 Å². The first-order valence-electron chi connectivity index (χ1n) is 6.67. The topological polar surface area (TPSA) is 63.8 Å². The van der Waals surface area contributed by atoms with Gasteiger partial charge in [-0.25, -0.2) is 4.98 Å². The van der Waals surface area contributed by atoms with Crippen molar-refractivity contribution < 1.29 is 4.52 Å². The number of likely N-dealkylation sites (N-methyl/N-ethyl adjacent to an activating group) is 1. The van der Waals surface area contributed by atoms with Crippen molar-refractivity contribution in [1.29, 1.82) is 0 Å². The summed E-state index contributed by atoms with van der Waals surface area (Å²) in [5, 5.41) is 10.5. The van der Waals surface area contributed by atoms with E-state index in [2.05, 4.69) is 34.3 Å². The average molecular weight is 280 g/mol. The van der Waals surface area contributed by atoms with Gasteiger partial charge in [-0.3, -0.25) is 0 Å². The van der Waals surface area contributed by atoms with Crippen molar-refractivity contribution in [2.24, 2.45) is 0 Å². The van der Waals surface area contributed by atoms with Gasteiger partial charge in [-0.15, -0.1) is 11.3 Å². The molecule has 6 heteroatoms. The quantitative estimate of drug-likeness (QED) is 0.843. The van der Waals surface area contributed by atoms with Gasteiger partial charge in [0, 0.05) is 23.5 Å². The van der Waals surface area contributed by atoms with Crippen molar-refractivity contribution >= 4 is 11.3 Å². The third-order valence-electron chi connectivity index (χ3n) is 2.89. The Morgan fingerprint density at radius 2 is 2.21 bits per heavy atom. The molecule has 0 amide bonds. The van der Waals surface area contributed by atoms with E-state index >= 15 is 0 Å². The molecule has 2 aromatic rings. The van der Waals surface area contributed by atoms with E-state index in [1.54, 1.807) is 11.3 Å². The van der Waals surface area contributed by atoms with Crippen molar-refractivity contribution in [2.45, 2.75) is 46.1 Å². The van der Waals surface area contributed by atoms with E-state index in [0.717, 1.165) is 35.9 Å². The second kappa shape index (κ2) is 6.77. The highest BCUT2D eigenvalue weighted by Crippen LogP contribution is 2.13. The van der Waals surface area contributed by atoms with Crippen LogP contribution in [-0.2, 0) is 12.8 Å². The molecule has 5 nitrogen and oxygen atoms in total. The van der Waals surface area contributed by atoms with Crippen molar-refractivity contribution in [3.8, 4) is 0 Å². The summed E-state index contributed by atoms with van der Waals surface area (Å²) in [5.41, 5.74) is 1.04. The van der Waals surface area contributed by atoms with Crippen LogP contribution >= 0.6 is 11.3 Å². The van der Waals surface area contributed by atoms with E-state index in [1.165, 1.54) is 0 Å². The van der Waals surface area contributed by atoms with Gasteiger partial charge in [0.25, 0.3) is 0 Å². The first-order valence-corrected chi connectivity index (χ1v) is 7.55. The molecule has 0 spiro atoms. The van der Waals surface area contributed by atoms with Crippen LogP contribution < -0.4 is 5.32 Å². The lowest BCUT2D eigenvalue weighted by molar-refractivity contribution is 0.352. The molecule has 0 saturated carbocycles. The fraction of sp³-hybridized carbons (Fsp3) is 0.615. The molecule has 0 aliphatic heterocycles. The Morgan fingerprint density at radius 3 is 2.84 bits per heavy atom. The lowest BCUT2D eigenvalue weighted by Crippen LogP contribution is -2.30. The molecular weight excluding hydrogens is 260 g/mol. The largest absolute Gasteiger partial charge is 0.339 e. The summed E-state index contributed by atoms with van der Waals surface area (Å²) in [6, 6.07) is 0.403. The zero-order valence-corrected chi connectivity index (χ0v) is 12.5. The first kappa shape index (κ1) is 14.1. The monoisotopic (exact) mass is 280 g/mol. The van der Waals surface area contributed by atoms with E-state index in [9.17, 15) is 0 Å². The summed E-state index contributed by atoms with van der Waals surface area (Å²) in [7, 11) is 0. The Hall–Kier alpha value is -1.27. The highest BCUT2D eigenvalue weighted by molar-refractivity contribution is 7.09. The molecule has 1 N–H and O–H groups in total. The van der Waals surface area contributed by atoms with Crippen molar-refractivity contribution in [3.63, 3.8) is 0 Å². The predicted octanol–water partition coefficient (Wildman–Crippen LogP) is 2.36. The van der Waals surface area contributed by atoms with Crippen molar-refractivity contribution in [1.82, 2.24) is 20.4 Å². The predicted molar refractivity (Wildman–Crippen MR) is 75.4 cm³/mol. The van der Waals surface area contributed by atoms with Gasteiger partial charge in [0.1, 0.15) is 5.01 Å². The van der Waals surface area contributed by atoms with Crippen molar-refractivity contribution in [2.75, 3.05) is 6.54 Å². The second-order valence-corrected chi connectivity index (χ2v) is 5.47. The summed E-state index contributed by atoms with van der Waals surface area (Å²) in [5.74, 6) is 1.42. The normalized spacial score (nSPS) is 12.8. The lowest BCUT2D eigenvalue weighted by Gasteiger charge is -2.12.